The van der Waals surface area contributed by atoms with Crippen LogP contribution in [0.3, 0.4) is 0 Å². The molecule has 1 aromatic rings. The molecule has 1 aliphatic heterocycles. The highest BCUT2D eigenvalue weighted by Gasteiger charge is 2.25. The standard InChI is InChI=1S/C14H23N5OS/c1-11-16-17-14(21-11)19-9-7-18(8-10-19)13(20)15-12-5-3-2-4-6-12/h12H,2-10H2,1H3,(H,15,20). The molecule has 2 fully saturated rings. The molecule has 2 aliphatic rings. The van der Waals surface area contributed by atoms with Crippen LogP contribution in [0.4, 0.5) is 9.93 Å². The van der Waals surface area contributed by atoms with Crippen LogP contribution >= 0.6 is 11.3 Å². The SMILES string of the molecule is Cc1nnc(N2CCN(C(=O)NC3CCCCC3)CC2)s1. The summed E-state index contributed by atoms with van der Waals surface area (Å²) in [5.74, 6) is 0. The lowest BCUT2D eigenvalue weighted by molar-refractivity contribution is 0.186. The Bertz CT molecular complexity index is 477. The number of hydrogen-bond acceptors (Lipinski definition) is 5. The third-order valence-corrected chi connectivity index (χ3v) is 5.19. The van der Waals surface area contributed by atoms with Crippen molar-refractivity contribution in [2.24, 2.45) is 0 Å². The maximum Gasteiger partial charge on any atom is 0.317 e. The molecule has 0 spiro atoms. The second kappa shape index (κ2) is 6.60. The van der Waals surface area contributed by atoms with Crippen molar-refractivity contribution in [2.45, 2.75) is 45.1 Å². The lowest BCUT2D eigenvalue weighted by Gasteiger charge is -2.35. The highest BCUT2D eigenvalue weighted by molar-refractivity contribution is 7.15. The van der Waals surface area contributed by atoms with Gasteiger partial charge in [0.1, 0.15) is 5.01 Å². The molecule has 1 saturated heterocycles. The molecule has 1 N–H and O–H groups in total. The van der Waals surface area contributed by atoms with Crippen molar-refractivity contribution in [1.29, 1.82) is 0 Å². The molecular weight excluding hydrogens is 286 g/mol. The average Bonchev–Trinajstić information content (AvgIpc) is 2.95. The van der Waals surface area contributed by atoms with Gasteiger partial charge < -0.3 is 15.1 Å². The van der Waals surface area contributed by atoms with Crippen molar-refractivity contribution in [1.82, 2.24) is 20.4 Å². The van der Waals surface area contributed by atoms with Gasteiger partial charge in [0, 0.05) is 32.2 Å². The smallest absolute Gasteiger partial charge is 0.317 e. The van der Waals surface area contributed by atoms with E-state index in [1.54, 1.807) is 11.3 Å². The van der Waals surface area contributed by atoms with Gasteiger partial charge >= 0.3 is 6.03 Å². The Morgan fingerprint density at radius 1 is 1.14 bits per heavy atom. The van der Waals surface area contributed by atoms with E-state index in [1.807, 2.05) is 11.8 Å². The summed E-state index contributed by atoms with van der Waals surface area (Å²) in [4.78, 5) is 16.4. The van der Waals surface area contributed by atoms with Gasteiger partial charge in [-0.25, -0.2) is 4.79 Å². The zero-order chi connectivity index (χ0) is 14.7. The number of amides is 2. The van der Waals surface area contributed by atoms with Gasteiger partial charge in [0.25, 0.3) is 0 Å². The Morgan fingerprint density at radius 3 is 2.48 bits per heavy atom. The monoisotopic (exact) mass is 309 g/mol. The maximum absolute atomic E-state index is 12.3. The number of nitrogens with one attached hydrogen (secondary N) is 1. The van der Waals surface area contributed by atoms with Crippen LogP contribution < -0.4 is 10.2 Å². The minimum atomic E-state index is 0.106. The fourth-order valence-electron chi connectivity index (χ4n) is 3.03. The van der Waals surface area contributed by atoms with E-state index in [0.29, 0.717) is 6.04 Å². The molecule has 2 heterocycles. The Labute approximate surface area is 129 Å². The lowest BCUT2D eigenvalue weighted by Crippen LogP contribution is -2.53. The summed E-state index contributed by atoms with van der Waals surface area (Å²) in [6, 6.07) is 0.491. The summed E-state index contributed by atoms with van der Waals surface area (Å²) in [5.41, 5.74) is 0. The predicted octanol–water partition coefficient (Wildman–Crippen LogP) is 2.01. The van der Waals surface area contributed by atoms with E-state index in [-0.39, 0.29) is 6.03 Å². The molecule has 6 nitrogen and oxygen atoms in total. The second-order valence-electron chi connectivity index (χ2n) is 5.86. The number of nitrogens with zero attached hydrogens (tertiary/aromatic N) is 4. The maximum atomic E-state index is 12.3. The van der Waals surface area contributed by atoms with E-state index in [1.165, 1.54) is 19.3 Å². The number of carbonyl (C=O) groups excluding carboxylic acids is 1. The third kappa shape index (κ3) is 3.64. The predicted molar refractivity (Wildman–Crippen MR) is 83.8 cm³/mol. The molecule has 0 radical (unpaired) electrons. The molecule has 7 heteroatoms. The van der Waals surface area contributed by atoms with Crippen molar-refractivity contribution in [3.05, 3.63) is 5.01 Å². The quantitative estimate of drug-likeness (QED) is 0.908. The van der Waals surface area contributed by atoms with Gasteiger partial charge in [-0.1, -0.05) is 30.6 Å². The lowest BCUT2D eigenvalue weighted by atomic mass is 9.96. The average molecular weight is 309 g/mol. The Morgan fingerprint density at radius 2 is 1.86 bits per heavy atom. The van der Waals surface area contributed by atoms with Gasteiger partial charge in [-0.15, -0.1) is 10.2 Å². The molecule has 2 amide bonds. The zero-order valence-corrected chi connectivity index (χ0v) is 13.4. The molecule has 0 bridgehead atoms. The number of rotatable bonds is 2. The topological polar surface area (TPSA) is 61.4 Å². The summed E-state index contributed by atoms with van der Waals surface area (Å²) in [6.45, 7) is 5.17. The highest BCUT2D eigenvalue weighted by atomic mass is 32.1. The Kier molecular flexibility index (Phi) is 4.57. The van der Waals surface area contributed by atoms with Crippen LogP contribution in [0.15, 0.2) is 0 Å². The Balaban J connectivity index is 1.47. The number of aryl methyl sites for hydroxylation is 1. The van der Waals surface area contributed by atoms with Gasteiger partial charge in [0.2, 0.25) is 5.13 Å². The zero-order valence-electron chi connectivity index (χ0n) is 12.5. The van der Waals surface area contributed by atoms with Gasteiger partial charge in [0.05, 0.1) is 0 Å². The number of piperazine rings is 1. The van der Waals surface area contributed by atoms with Crippen LogP contribution in [-0.2, 0) is 0 Å². The van der Waals surface area contributed by atoms with Gasteiger partial charge in [-0.05, 0) is 19.8 Å². The molecule has 0 atom stereocenters. The van der Waals surface area contributed by atoms with E-state index in [4.69, 9.17) is 0 Å². The number of urea groups is 1. The molecule has 3 rings (SSSR count). The molecule has 116 valence electrons. The van der Waals surface area contributed by atoms with Crippen LogP contribution in [0.5, 0.6) is 0 Å². The highest BCUT2D eigenvalue weighted by Crippen LogP contribution is 2.21. The van der Waals surface area contributed by atoms with E-state index in [0.717, 1.165) is 49.2 Å². The first-order valence-corrected chi connectivity index (χ1v) is 8.64. The largest absolute Gasteiger partial charge is 0.343 e. The van der Waals surface area contributed by atoms with Crippen LogP contribution in [0.1, 0.15) is 37.1 Å². The van der Waals surface area contributed by atoms with Crippen LogP contribution in [-0.4, -0.2) is 53.3 Å². The van der Waals surface area contributed by atoms with Crippen LogP contribution in [0.25, 0.3) is 0 Å². The van der Waals surface area contributed by atoms with Crippen molar-refractivity contribution >= 4 is 22.5 Å². The first kappa shape index (κ1) is 14.6. The normalized spacial score (nSPS) is 20.6. The minimum Gasteiger partial charge on any atom is -0.343 e. The molecule has 0 unspecified atom stereocenters. The van der Waals surface area contributed by atoms with Crippen molar-refractivity contribution in [2.75, 3.05) is 31.1 Å². The summed E-state index contributed by atoms with van der Waals surface area (Å²) in [6.07, 6.45) is 6.07. The molecular formula is C14H23N5OS. The van der Waals surface area contributed by atoms with E-state index < -0.39 is 0 Å². The van der Waals surface area contributed by atoms with Crippen LogP contribution in [0.2, 0.25) is 0 Å². The van der Waals surface area contributed by atoms with Crippen molar-refractivity contribution in [3.63, 3.8) is 0 Å². The van der Waals surface area contributed by atoms with Gasteiger partial charge in [-0.3, -0.25) is 0 Å². The fraction of sp³-hybridized carbons (Fsp3) is 0.786. The number of anilines is 1. The van der Waals surface area contributed by atoms with Crippen LogP contribution in [0, 0.1) is 6.92 Å². The van der Waals surface area contributed by atoms with Crippen molar-refractivity contribution < 1.29 is 4.79 Å². The number of aromatic nitrogens is 2. The summed E-state index contributed by atoms with van der Waals surface area (Å²) >= 11 is 1.62. The van der Waals surface area contributed by atoms with Gasteiger partial charge in [0.15, 0.2) is 0 Å². The third-order valence-electron chi connectivity index (χ3n) is 4.29. The molecule has 1 saturated carbocycles. The first-order chi connectivity index (χ1) is 10.2. The van der Waals surface area contributed by atoms with Gasteiger partial charge in [-0.2, -0.15) is 0 Å². The molecule has 0 aromatic carbocycles. The Hall–Kier alpha value is -1.37. The fourth-order valence-corrected chi connectivity index (χ4v) is 3.77. The minimum absolute atomic E-state index is 0.106. The van der Waals surface area contributed by atoms with E-state index >= 15 is 0 Å². The summed E-state index contributed by atoms with van der Waals surface area (Å²) in [7, 11) is 0. The van der Waals surface area contributed by atoms with Crippen molar-refractivity contribution in [3.8, 4) is 0 Å². The first-order valence-electron chi connectivity index (χ1n) is 7.83. The summed E-state index contributed by atoms with van der Waals surface area (Å²) in [5, 5.41) is 13.4. The molecule has 1 aliphatic carbocycles. The van der Waals surface area contributed by atoms with E-state index in [9.17, 15) is 4.79 Å². The number of carbonyl (C=O) groups is 1. The number of hydrogen-bond donors (Lipinski definition) is 1. The molecule has 1 aromatic heterocycles. The second-order valence-corrected chi connectivity index (χ2v) is 7.02. The van der Waals surface area contributed by atoms with E-state index in [2.05, 4.69) is 20.4 Å². The summed E-state index contributed by atoms with van der Waals surface area (Å²) < 4.78 is 0. The molecule has 21 heavy (non-hydrogen) atoms.